The van der Waals surface area contributed by atoms with Gasteiger partial charge >= 0.3 is 0 Å². The normalized spacial score (nSPS) is 10.6. The number of halogens is 1. The lowest BCUT2D eigenvalue weighted by molar-refractivity contribution is 0.569. The smallest absolute Gasteiger partial charge is 0.123 e. The van der Waals surface area contributed by atoms with E-state index in [4.69, 9.17) is 5.73 Å². The first-order valence-electron chi connectivity index (χ1n) is 5.16. The van der Waals surface area contributed by atoms with Gasteiger partial charge in [-0.15, -0.1) is 5.10 Å². The third-order valence-electron chi connectivity index (χ3n) is 2.33. The van der Waals surface area contributed by atoms with Crippen molar-refractivity contribution in [3.63, 3.8) is 0 Å². The van der Waals surface area contributed by atoms with Gasteiger partial charge in [-0.25, -0.2) is 9.07 Å². The molecule has 0 saturated carbocycles. The van der Waals surface area contributed by atoms with Crippen LogP contribution in [-0.2, 0) is 6.54 Å². The fourth-order valence-corrected chi connectivity index (χ4v) is 1.51. The molecule has 0 aliphatic rings. The number of nitrogens with zero attached hydrogens (tertiary/aromatic N) is 3. The van der Waals surface area contributed by atoms with Gasteiger partial charge in [-0.05, 0) is 37.2 Å². The predicted molar refractivity (Wildman–Crippen MR) is 59.1 cm³/mol. The van der Waals surface area contributed by atoms with Crippen LogP contribution in [0, 0.1) is 5.82 Å². The van der Waals surface area contributed by atoms with Crippen molar-refractivity contribution in [3.8, 4) is 11.3 Å². The van der Waals surface area contributed by atoms with Crippen LogP contribution in [0.5, 0.6) is 0 Å². The van der Waals surface area contributed by atoms with Crippen molar-refractivity contribution in [1.82, 2.24) is 15.0 Å². The molecule has 0 radical (unpaired) electrons. The molecular weight excluding hydrogens is 207 g/mol. The standard InChI is InChI=1S/C11H13FN4/c12-10-4-2-9(3-5-10)11-8-14-15-16(11)7-1-6-13/h2-5,8H,1,6-7,13H2. The van der Waals surface area contributed by atoms with Gasteiger partial charge in [0.15, 0.2) is 0 Å². The molecule has 0 atom stereocenters. The topological polar surface area (TPSA) is 56.7 Å². The Morgan fingerprint density at radius 3 is 2.69 bits per heavy atom. The molecule has 16 heavy (non-hydrogen) atoms. The summed E-state index contributed by atoms with van der Waals surface area (Å²) >= 11 is 0. The van der Waals surface area contributed by atoms with Crippen molar-refractivity contribution < 1.29 is 4.39 Å². The van der Waals surface area contributed by atoms with Gasteiger partial charge < -0.3 is 5.73 Å². The second-order valence-corrected chi connectivity index (χ2v) is 3.49. The Kier molecular flexibility index (Phi) is 3.26. The van der Waals surface area contributed by atoms with E-state index in [9.17, 15) is 4.39 Å². The minimum atomic E-state index is -0.246. The molecule has 1 heterocycles. The SMILES string of the molecule is NCCCn1nncc1-c1ccc(F)cc1. The molecule has 1 aromatic carbocycles. The Morgan fingerprint density at radius 1 is 1.25 bits per heavy atom. The zero-order valence-electron chi connectivity index (χ0n) is 8.81. The fourth-order valence-electron chi connectivity index (χ4n) is 1.51. The summed E-state index contributed by atoms with van der Waals surface area (Å²) in [5, 5.41) is 7.82. The summed E-state index contributed by atoms with van der Waals surface area (Å²) in [6.07, 6.45) is 2.52. The number of hydrogen-bond acceptors (Lipinski definition) is 3. The van der Waals surface area contributed by atoms with Crippen molar-refractivity contribution in [1.29, 1.82) is 0 Å². The molecule has 84 valence electrons. The fraction of sp³-hybridized carbons (Fsp3) is 0.273. The third kappa shape index (κ3) is 2.25. The molecule has 2 N–H and O–H groups in total. The van der Waals surface area contributed by atoms with Gasteiger partial charge in [0.25, 0.3) is 0 Å². The molecule has 0 fully saturated rings. The molecule has 2 aromatic rings. The number of nitrogens with two attached hydrogens (primary N) is 1. The molecule has 2 rings (SSSR count). The van der Waals surface area contributed by atoms with Crippen LogP contribution in [-0.4, -0.2) is 21.5 Å². The van der Waals surface area contributed by atoms with E-state index >= 15 is 0 Å². The van der Waals surface area contributed by atoms with E-state index in [0.717, 1.165) is 24.2 Å². The molecular formula is C11H13FN4. The quantitative estimate of drug-likeness (QED) is 0.848. The Labute approximate surface area is 92.9 Å². The highest BCUT2D eigenvalue weighted by Gasteiger charge is 2.05. The van der Waals surface area contributed by atoms with Crippen LogP contribution in [0.2, 0.25) is 0 Å². The highest BCUT2D eigenvalue weighted by atomic mass is 19.1. The van der Waals surface area contributed by atoms with Crippen LogP contribution < -0.4 is 5.73 Å². The molecule has 1 aromatic heterocycles. The van der Waals surface area contributed by atoms with E-state index in [1.54, 1.807) is 23.0 Å². The van der Waals surface area contributed by atoms with Crippen LogP contribution in [0.1, 0.15) is 6.42 Å². The second-order valence-electron chi connectivity index (χ2n) is 3.49. The van der Waals surface area contributed by atoms with Gasteiger partial charge in [-0.1, -0.05) is 5.21 Å². The molecule has 0 aliphatic heterocycles. The van der Waals surface area contributed by atoms with Crippen LogP contribution in [0.4, 0.5) is 4.39 Å². The monoisotopic (exact) mass is 220 g/mol. The highest BCUT2D eigenvalue weighted by molar-refractivity contribution is 5.57. The summed E-state index contributed by atoms with van der Waals surface area (Å²) in [6.45, 7) is 1.34. The zero-order chi connectivity index (χ0) is 11.4. The Hall–Kier alpha value is -1.75. The Balaban J connectivity index is 2.26. The van der Waals surface area contributed by atoms with E-state index in [1.165, 1.54) is 12.1 Å². The molecule has 0 bridgehead atoms. The zero-order valence-corrected chi connectivity index (χ0v) is 8.81. The molecule has 0 aliphatic carbocycles. The average molecular weight is 220 g/mol. The number of aromatic nitrogens is 3. The Morgan fingerprint density at radius 2 is 2.00 bits per heavy atom. The number of benzene rings is 1. The van der Waals surface area contributed by atoms with Crippen molar-refractivity contribution in [2.24, 2.45) is 5.73 Å². The summed E-state index contributed by atoms with van der Waals surface area (Å²) in [7, 11) is 0. The highest BCUT2D eigenvalue weighted by Crippen LogP contribution is 2.18. The third-order valence-corrected chi connectivity index (χ3v) is 2.33. The number of hydrogen-bond donors (Lipinski definition) is 1. The van der Waals surface area contributed by atoms with Crippen molar-refractivity contribution in [2.75, 3.05) is 6.54 Å². The lowest BCUT2D eigenvalue weighted by Gasteiger charge is -2.04. The maximum atomic E-state index is 12.8. The van der Waals surface area contributed by atoms with Crippen LogP contribution in [0.3, 0.4) is 0 Å². The van der Waals surface area contributed by atoms with E-state index < -0.39 is 0 Å². The molecule has 5 heteroatoms. The van der Waals surface area contributed by atoms with Crippen molar-refractivity contribution in [2.45, 2.75) is 13.0 Å². The molecule has 0 saturated heterocycles. The van der Waals surface area contributed by atoms with Crippen molar-refractivity contribution >= 4 is 0 Å². The van der Waals surface area contributed by atoms with Gasteiger partial charge in [0.1, 0.15) is 5.82 Å². The van der Waals surface area contributed by atoms with Gasteiger partial charge in [0, 0.05) is 12.1 Å². The largest absolute Gasteiger partial charge is 0.330 e. The van der Waals surface area contributed by atoms with Crippen molar-refractivity contribution in [3.05, 3.63) is 36.3 Å². The molecule has 0 unspecified atom stereocenters. The lowest BCUT2D eigenvalue weighted by Crippen LogP contribution is -2.08. The first-order chi connectivity index (χ1) is 7.81. The summed E-state index contributed by atoms with van der Waals surface area (Å²) in [6, 6.07) is 6.28. The van der Waals surface area contributed by atoms with Gasteiger partial charge in [-0.2, -0.15) is 0 Å². The summed E-state index contributed by atoms with van der Waals surface area (Å²) < 4.78 is 14.6. The summed E-state index contributed by atoms with van der Waals surface area (Å²) in [4.78, 5) is 0. The van der Waals surface area contributed by atoms with Crippen LogP contribution in [0.15, 0.2) is 30.5 Å². The van der Waals surface area contributed by atoms with Crippen LogP contribution in [0.25, 0.3) is 11.3 Å². The maximum Gasteiger partial charge on any atom is 0.123 e. The van der Waals surface area contributed by atoms with Gasteiger partial charge in [0.05, 0.1) is 11.9 Å². The maximum absolute atomic E-state index is 12.8. The summed E-state index contributed by atoms with van der Waals surface area (Å²) in [5.74, 6) is -0.246. The molecule has 4 nitrogen and oxygen atoms in total. The van der Waals surface area contributed by atoms with E-state index in [2.05, 4.69) is 10.3 Å². The summed E-state index contributed by atoms with van der Waals surface area (Å²) in [5.41, 5.74) is 7.23. The van der Waals surface area contributed by atoms with E-state index in [0.29, 0.717) is 6.54 Å². The average Bonchev–Trinajstić information content (AvgIpc) is 2.75. The molecule has 0 amide bonds. The first-order valence-corrected chi connectivity index (χ1v) is 5.16. The van der Waals surface area contributed by atoms with Gasteiger partial charge in [-0.3, -0.25) is 0 Å². The Bertz CT molecular complexity index is 449. The number of rotatable bonds is 4. The minimum absolute atomic E-state index is 0.246. The minimum Gasteiger partial charge on any atom is -0.330 e. The van der Waals surface area contributed by atoms with E-state index in [1.807, 2.05) is 0 Å². The lowest BCUT2D eigenvalue weighted by atomic mass is 10.1. The molecule has 0 spiro atoms. The predicted octanol–water partition coefficient (Wildman–Crippen LogP) is 1.43. The first kappa shape index (κ1) is 10.8. The second kappa shape index (κ2) is 4.85. The van der Waals surface area contributed by atoms with E-state index in [-0.39, 0.29) is 5.82 Å². The van der Waals surface area contributed by atoms with Crippen LogP contribution >= 0.6 is 0 Å². The van der Waals surface area contributed by atoms with Gasteiger partial charge in [0.2, 0.25) is 0 Å². The number of aryl methyl sites for hydroxylation is 1.